The third-order valence-electron chi connectivity index (χ3n) is 3.19. The van der Waals surface area contributed by atoms with Gasteiger partial charge in [-0.2, -0.15) is 0 Å². The first-order valence-electron chi connectivity index (χ1n) is 6.04. The first kappa shape index (κ1) is 10.9. The summed E-state index contributed by atoms with van der Waals surface area (Å²) in [5.74, 6) is 0.930. The van der Waals surface area contributed by atoms with Crippen LogP contribution in [0.2, 0.25) is 0 Å². The molecular weight excluding hydrogens is 222 g/mol. The molecule has 2 heteroatoms. The molecule has 0 fully saturated rings. The van der Waals surface area contributed by atoms with Gasteiger partial charge in [-0.3, -0.25) is 0 Å². The molecular formula is C16H15NO. The van der Waals surface area contributed by atoms with Crippen molar-refractivity contribution in [2.75, 3.05) is 7.11 Å². The summed E-state index contributed by atoms with van der Waals surface area (Å²) < 4.78 is 7.62. The molecule has 0 N–H and O–H groups in total. The third-order valence-corrected chi connectivity index (χ3v) is 3.19. The molecule has 2 nitrogen and oxygen atoms in total. The fourth-order valence-electron chi connectivity index (χ4n) is 2.29. The Labute approximate surface area is 106 Å². The van der Waals surface area contributed by atoms with E-state index in [1.807, 2.05) is 18.2 Å². The van der Waals surface area contributed by atoms with Crippen molar-refractivity contribution in [1.29, 1.82) is 0 Å². The topological polar surface area (TPSA) is 14.2 Å². The van der Waals surface area contributed by atoms with E-state index in [0.717, 1.165) is 17.7 Å². The Hall–Kier alpha value is -2.22. The third kappa shape index (κ3) is 1.86. The molecule has 0 atom stereocenters. The van der Waals surface area contributed by atoms with E-state index in [0.29, 0.717) is 0 Å². The van der Waals surface area contributed by atoms with Crippen molar-refractivity contribution in [2.24, 2.45) is 0 Å². The average molecular weight is 237 g/mol. The van der Waals surface area contributed by atoms with E-state index in [2.05, 4.69) is 47.2 Å². The molecule has 0 bridgehead atoms. The van der Waals surface area contributed by atoms with Crippen LogP contribution in [-0.4, -0.2) is 11.7 Å². The first-order chi connectivity index (χ1) is 8.88. The number of rotatable bonds is 3. The number of aromatic nitrogens is 1. The Morgan fingerprint density at radius 1 is 0.944 bits per heavy atom. The number of nitrogens with zero attached hydrogens (tertiary/aromatic N) is 1. The monoisotopic (exact) mass is 237 g/mol. The summed E-state index contributed by atoms with van der Waals surface area (Å²) in [6, 6.07) is 18.7. The average Bonchev–Trinajstić information content (AvgIpc) is 2.83. The number of benzene rings is 2. The first-order valence-corrected chi connectivity index (χ1v) is 6.04. The van der Waals surface area contributed by atoms with E-state index in [-0.39, 0.29) is 0 Å². The zero-order chi connectivity index (χ0) is 12.4. The van der Waals surface area contributed by atoms with Crippen molar-refractivity contribution in [1.82, 2.24) is 4.57 Å². The van der Waals surface area contributed by atoms with Crippen molar-refractivity contribution in [3.63, 3.8) is 0 Å². The molecule has 90 valence electrons. The lowest BCUT2D eigenvalue weighted by Crippen LogP contribution is -1.97. The molecule has 3 aromatic rings. The number of fused-ring (bicyclic) bond motifs is 1. The van der Waals surface area contributed by atoms with Crippen molar-refractivity contribution in [2.45, 2.75) is 6.54 Å². The van der Waals surface area contributed by atoms with E-state index in [1.165, 1.54) is 11.1 Å². The van der Waals surface area contributed by atoms with Gasteiger partial charge in [-0.15, -0.1) is 0 Å². The van der Waals surface area contributed by atoms with Crippen LogP contribution in [0.5, 0.6) is 5.75 Å². The van der Waals surface area contributed by atoms with Crippen LogP contribution >= 0.6 is 0 Å². The molecule has 0 aliphatic heterocycles. The van der Waals surface area contributed by atoms with Crippen LogP contribution in [-0.2, 0) is 6.54 Å². The van der Waals surface area contributed by atoms with Crippen LogP contribution in [0.4, 0.5) is 0 Å². The maximum atomic E-state index is 5.38. The van der Waals surface area contributed by atoms with Crippen molar-refractivity contribution < 1.29 is 4.74 Å². The Kier molecular flexibility index (Phi) is 2.77. The summed E-state index contributed by atoms with van der Waals surface area (Å²) in [6.45, 7) is 0.886. The summed E-state index contributed by atoms with van der Waals surface area (Å²) in [7, 11) is 1.71. The summed E-state index contributed by atoms with van der Waals surface area (Å²) >= 11 is 0. The van der Waals surface area contributed by atoms with Gasteiger partial charge in [-0.05, 0) is 23.8 Å². The van der Waals surface area contributed by atoms with Crippen LogP contribution < -0.4 is 4.74 Å². The summed E-state index contributed by atoms with van der Waals surface area (Å²) in [5, 5.41) is 1.16. The van der Waals surface area contributed by atoms with E-state index in [9.17, 15) is 0 Å². The molecule has 0 unspecified atom stereocenters. The highest BCUT2D eigenvalue weighted by molar-refractivity contribution is 5.86. The lowest BCUT2D eigenvalue weighted by atomic mass is 10.2. The van der Waals surface area contributed by atoms with Gasteiger partial charge in [0, 0.05) is 18.1 Å². The number of hydrogen-bond acceptors (Lipinski definition) is 1. The van der Waals surface area contributed by atoms with Crippen LogP contribution in [0.1, 0.15) is 5.56 Å². The molecule has 1 aromatic heterocycles. The van der Waals surface area contributed by atoms with Gasteiger partial charge < -0.3 is 9.30 Å². The highest BCUT2D eigenvalue weighted by Gasteiger charge is 2.05. The second-order valence-electron chi connectivity index (χ2n) is 4.32. The molecule has 0 saturated carbocycles. The standard InChI is InChI=1S/C16H15NO/c1-18-16-9-5-8-15-14(16)10-11-17(15)12-13-6-3-2-4-7-13/h2-11H,12H2,1H3. The Balaban J connectivity index is 2.03. The quantitative estimate of drug-likeness (QED) is 0.677. The zero-order valence-electron chi connectivity index (χ0n) is 10.3. The molecule has 0 radical (unpaired) electrons. The van der Waals surface area contributed by atoms with Gasteiger partial charge in [-0.25, -0.2) is 0 Å². The minimum absolute atomic E-state index is 0.886. The SMILES string of the molecule is COc1cccc2c1ccn2Cc1ccccc1. The minimum atomic E-state index is 0.886. The molecule has 0 spiro atoms. The highest BCUT2D eigenvalue weighted by Crippen LogP contribution is 2.26. The predicted octanol–water partition coefficient (Wildman–Crippen LogP) is 3.70. The van der Waals surface area contributed by atoms with E-state index in [1.54, 1.807) is 7.11 Å². The summed E-state index contributed by atoms with van der Waals surface area (Å²) in [5.41, 5.74) is 2.51. The fourth-order valence-corrected chi connectivity index (χ4v) is 2.29. The molecule has 0 amide bonds. The Bertz CT molecular complexity index is 655. The molecule has 3 rings (SSSR count). The molecule has 0 aliphatic rings. The van der Waals surface area contributed by atoms with Crippen molar-refractivity contribution in [3.8, 4) is 5.75 Å². The molecule has 18 heavy (non-hydrogen) atoms. The maximum Gasteiger partial charge on any atom is 0.128 e. The molecule has 0 aliphatic carbocycles. The van der Waals surface area contributed by atoms with E-state index >= 15 is 0 Å². The van der Waals surface area contributed by atoms with Crippen LogP contribution in [0.15, 0.2) is 60.8 Å². The van der Waals surface area contributed by atoms with Gasteiger partial charge >= 0.3 is 0 Å². The maximum absolute atomic E-state index is 5.38. The molecule has 2 aromatic carbocycles. The van der Waals surface area contributed by atoms with Gasteiger partial charge in [0.05, 0.1) is 12.6 Å². The molecule has 1 heterocycles. The van der Waals surface area contributed by atoms with Crippen molar-refractivity contribution in [3.05, 3.63) is 66.4 Å². The summed E-state index contributed by atoms with van der Waals surface area (Å²) in [6.07, 6.45) is 2.11. The Morgan fingerprint density at radius 3 is 2.56 bits per heavy atom. The lowest BCUT2D eigenvalue weighted by Gasteiger charge is -2.07. The molecule has 0 saturated heterocycles. The highest BCUT2D eigenvalue weighted by atomic mass is 16.5. The normalized spacial score (nSPS) is 10.7. The van der Waals surface area contributed by atoms with Gasteiger partial charge in [-0.1, -0.05) is 36.4 Å². The van der Waals surface area contributed by atoms with Gasteiger partial charge in [0.2, 0.25) is 0 Å². The van der Waals surface area contributed by atoms with E-state index in [4.69, 9.17) is 4.74 Å². The second kappa shape index (κ2) is 4.57. The lowest BCUT2D eigenvalue weighted by molar-refractivity contribution is 0.420. The summed E-state index contributed by atoms with van der Waals surface area (Å²) in [4.78, 5) is 0. The van der Waals surface area contributed by atoms with Gasteiger partial charge in [0.15, 0.2) is 0 Å². The van der Waals surface area contributed by atoms with Gasteiger partial charge in [0.1, 0.15) is 5.75 Å². The van der Waals surface area contributed by atoms with Crippen LogP contribution in [0.25, 0.3) is 10.9 Å². The smallest absolute Gasteiger partial charge is 0.128 e. The van der Waals surface area contributed by atoms with Gasteiger partial charge in [0.25, 0.3) is 0 Å². The second-order valence-corrected chi connectivity index (χ2v) is 4.32. The number of hydrogen-bond donors (Lipinski definition) is 0. The largest absolute Gasteiger partial charge is 0.496 e. The van der Waals surface area contributed by atoms with E-state index < -0.39 is 0 Å². The van der Waals surface area contributed by atoms with Crippen LogP contribution in [0, 0.1) is 0 Å². The van der Waals surface area contributed by atoms with Crippen molar-refractivity contribution >= 4 is 10.9 Å². The van der Waals surface area contributed by atoms with Crippen LogP contribution in [0.3, 0.4) is 0 Å². The number of ether oxygens (including phenoxy) is 1. The predicted molar refractivity (Wildman–Crippen MR) is 74.0 cm³/mol. The fraction of sp³-hybridized carbons (Fsp3) is 0.125. The number of methoxy groups -OCH3 is 1. The minimum Gasteiger partial charge on any atom is -0.496 e. The zero-order valence-corrected chi connectivity index (χ0v) is 10.3. The Morgan fingerprint density at radius 2 is 1.78 bits per heavy atom.